The van der Waals surface area contributed by atoms with Crippen molar-refractivity contribution in [2.24, 2.45) is 0 Å². The zero-order chi connectivity index (χ0) is 18.4. The van der Waals surface area contributed by atoms with E-state index in [1.165, 1.54) is 0 Å². The first-order valence-corrected chi connectivity index (χ1v) is 9.06. The van der Waals surface area contributed by atoms with Crippen molar-refractivity contribution >= 4 is 5.91 Å². The zero-order valence-corrected chi connectivity index (χ0v) is 15.5. The highest BCUT2D eigenvalue weighted by atomic mass is 16.5. The van der Waals surface area contributed by atoms with Crippen molar-refractivity contribution in [1.82, 2.24) is 19.8 Å². The smallest absolute Gasteiger partial charge is 0.253 e. The molecule has 26 heavy (non-hydrogen) atoms. The zero-order valence-electron chi connectivity index (χ0n) is 15.5. The average Bonchev–Trinajstić information content (AvgIpc) is 3.18. The molecule has 2 aromatic rings. The summed E-state index contributed by atoms with van der Waals surface area (Å²) < 4.78 is 5.73. The van der Waals surface area contributed by atoms with E-state index in [2.05, 4.69) is 14.9 Å². The molecule has 6 nitrogen and oxygen atoms in total. The van der Waals surface area contributed by atoms with E-state index in [0.717, 1.165) is 31.6 Å². The van der Waals surface area contributed by atoms with Gasteiger partial charge in [0.05, 0.1) is 6.10 Å². The molecule has 0 aliphatic carbocycles. The summed E-state index contributed by atoms with van der Waals surface area (Å²) in [4.78, 5) is 25.5. The van der Waals surface area contributed by atoms with E-state index < -0.39 is 0 Å². The minimum absolute atomic E-state index is 0.0443. The molecule has 1 saturated heterocycles. The van der Waals surface area contributed by atoms with Gasteiger partial charge in [0.25, 0.3) is 5.91 Å². The molecule has 1 aromatic heterocycles. The molecule has 3 rings (SSSR count). The van der Waals surface area contributed by atoms with E-state index >= 15 is 0 Å². The van der Waals surface area contributed by atoms with E-state index in [0.29, 0.717) is 24.5 Å². The molecule has 0 N–H and O–H groups in total. The monoisotopic (exact) mass is 354 g/mol. The SMILES string of the molecule is CN(C)CCN(C[C@H]1CCCO1)C(=O)c1ccc(-c2ncccn2)cc1. The molecular weight excluding hydrogens is 328 g/mol. The van der Waals surface area contributed by atoms with Crippen molar-refractivity contribution in [2.45, 2.75) is 18.9 Å². The van der Waals surface area contributed by atoms with Crippen LogP contribution in [0.1, 0.15) is 23.2 Å². The lowest BCUT2D eigenvalue weighted by atomic mass is 10.1. The summed E-state index contributed by atoms with van der Waals surface area (Å²) in [5, 5.41) is 0. The van der Waals surface area contributed by atoms with Crippen molar-refractivity contribution in [3.8, 4) is 11.4 Å². The number of hydrogen-bond acceptors (Lipinski definition) is 5. The maximum Gasteiger partial charge on any atom is 0.253 e. The van der Waals surface area contributed by atoms with E-state index in [1.54, 1.807) is 18.5 Å². The summed E-state index contributed by atoms with van der Waals surface area (Å²) in [5.41, 5.74) is 1.59. The fraction of sp³-hybridized carbons (Fsp3) is 0.450. The van der Waals surface area contributed by atoms with Gasteiger partial charge in [0.15, 0.2) is 5.82 Å². The minimum atomic E-state index is 0.0443. The number of amides is 1. The third kappa shape index (κ3) is 4.86. The van der Waals surface area contributed by atoms with E-state index in [9.17, 15) is 4.79 Å². The van der Waals surface area contributed by atoms with Gasteiger partial charge >= 0.3 is 0 Å². The Morgan fingerprint density at radius 3 is 2.50 bits per heavy atom. The van der Waals surface area contributed by atoms with Crippen LogP contribution < -0.4 is 0 Å². The van der Waals surface area contributed by atoms with Crippen LogP contribution >= 0.6 is 0 Å². The molecule has 0 bridgehead atoms. The molecule has 2 heterocycles. The predicted octanol–water partition coefficient (Wildman–Crippen LogP) is 2.33. The van der Waals surface area contributed by atoms with Crippen LogP contribution in [0.3, 0.4) is 0 Å². The first-order chi connectivity index (χ1) is 12.6. The molecule has 6 heteroatoms. The quantitative estimate of drug-likeness (QED) is 0.764. The Morgan fingerprint density at radius 1 is 1.15 bits per heavy atom. The Morgan fingerprint density at radius 2 is 1.88 bits per heavy atom. The van der Waals surface area contributed by atoms with Gasteiger partial charge in [0.1, 0.15) is 0 Å². The van der Waals surface area contributed by atoms with Crippen molar-refractivity contribution in [3.05, 3.63) is 48.3 Å². The van der Waals surface area contributed by atoms with Crippen LogP contribution in [0.2, 0.25) is 0 Å². The largest absolute Gasteiger partial charge is 0.376 e. The molecule has 0 spiro atoms. The van der Waals surface area contributed by atoms with Crippen LogP contribution in [-0.2, 0) is 4.74 Å². The van der Waals surface area contributed by atoms with Gasteiger partial charge < -0.3 is 14.5 Å². The molecule has 1 atom stereocenters. The second kappa shape index (κ2) is 8.87. The number of carbonyl (C=O) groups excluding carboxylic acids is 1. The van der Waals surface area contributed by atoms with Crippen LogP contribution in [0.25, 0.3) is 11.4 Å². The maximum atomic E-state index is 13.0. The number of rotatable bonds is 7. The minimum Gasteiger partial charge on any atom is -0.376 e. The Kier molecular flexibility index (Phi) is 6.30. The van der Waals surface area contributed by atoms with Gasteiger partial charge in [-0.1, -0.05) is 12.1 Å². The lowest BCUT2D eigenvalue weighted by molar-refractivity contribution is 0.0512. The lowest BCUT2D eigenvalue weighted by Crippen LogP contribution is -2.41. The van der Waals surface area contributed by atoms with Crippen LogP contribution in [0.15, 0.2) is 42.7 Å². The number of nitrogens with zero attached hydrogens (tertiary/aromatic N) is 4. The first-order valence-electron chi connectivity index (χ1n) is 9.06. The number of hydrogen-bond donors (Lipinski definition) is 0. The Bertz CT molecular complexity index is 698. The molecule has 1 aromatic carbocycles. The van der Waals surface area contributed by atoms with Gasteiger partial charge in [-0.2, -0.15) is 0 Å². The standard InChI is InChI=1S/C20H26N4O2/c1-23(2)12-13-24(15-18-5-3-14-26-18)20(25)17-8-6-16(7-9-17)19-21-10-4-11-22-19/h4,6-11,18H,3,5,12-15H2,1-2H3/t18-/m1/s1. The normalized spacial score (nSPS) is 16.8. The van der Waals surface area contributed by atoms with Crippen LogP contribution in [0, 0.1) is 0 Å². The summed E-state index contributed by atoms with van der Waals surface area (Å²) in [6.07, 6.45) is 5.68. The Labute approximate surface area is 154 Å². The number of ether oxygens (including phenoxy) is 1. The van der Waals surface area contributed by atoms with E-state index in [-0.39, 0.29) is 12.0 Å². The first kappa shape index (κ1) is 18.5. The fourth-order valence-electron chi connectivity index (χ4n) is 3.02. The fourth-order valence-corrected chi connectivity index (χ4v) is 3.02. The van der Waals surface area contributed by atoms with Gasteiger partial charge in [-0.05, 0) is 45.1 Å². The van der Waals surface area contributed by atoms with Crippen molar-refractivity contribution < 1.29 is 9.53 Å². The topological polar surface area (TPSA) is 58.6 Å². The third-order valence-corrected chi connectivity index (χ3v) is 4.51. The summed E-state index contributed by atoms with van der Waals surface area (Å²) in [6.45, 7) is 2.96. The molecule has 1 aliphatic rings. The molecule has 1 fully saturated rings. The highest BCUT2D eigenvalue weighted by Gasteiger charge is 2.23. The van der Waals surface area contributed by atoms with Gasteiger partial charge in [-0.25, -0.2) is 9.97 Å². The van der Waals surface area contributed by atoms with Gasteiger partial charge in [-0.3, -0.25) is 4.79 Å². The van der Waals surface area contributed by atoms with E-state index in [4.69, 9.17) is 4.74 Å². The second-order valence-electron chi connectivity index (χ2n) is 6.84. The van der Waals surface area contributed by atoms with Crippen molar-refractivity contribution in [3.63, 3.8) is 0 Å². The summed E-state index contributed by atoms with van der Waals surface area (Å²) in [7, 11) is 4.03. The molecule has 0 saturated carbocycles. The molecule has 0 unspecified atom stereocenters. The Balaban J connectivity index is 1.72. The number of carbonyl (C=O) groups is 1. The van der Waals surface area contributed by atoms with Crippen LogP contribution in [0.5, 0.6) is 0 Å². The second-order valence-corrected chi connectivity index (χ2v) is 6.84. The number of likely N-dealkylation sites (N-methyl/N-ethyl adjacent to an activating group) is 1. The van der Waals surface area contributed by atoms with Crippen molar-refractivity contribution in [1.29, 1.82) is 0 Å². The summed E-state index contributed by atoms with van der Waals surface area (Å²) >= 11 is 0. The maximum absolute atomic E-state index is 13.0. The molecular formula is C20H26N4O2. The predicted molar refractivity (Wildman–Crippen MR) is 101 cm³/mol. The number of aromatic nitrogens is 2. The number of benzene rings is 1. The Hall–Kier alpha value is -2.31. The molecule has 138 valence electrons. The molecule has 1 amide bonds. The van der Waals surface area contributed by atoms with Crippen LogP contribution in [-0.4, -0.2) is 72.1 Å². The molecule has 0 radical (unpaired) electrons. The van der Waals surface area contributed by atoms with Crippen molar-refractivity contribution in [2.75, 3.05) is 40.3 Å². The molecule has 1 aliphatic heterocycles. The lowest BCUT2D eigenvalue weighted by Gasteiger charge is -2.27. The highest BCUT2D eigenvalue weighted by Crippen LogP contribution is 2.18. The van der Waals surface area contributed by atoms with Gasteiger partial charge in [0, 0.05) is 49.8 Å². The summed E-state index contributed by atoms with van der Waals surface area (Å²) in [5.74, 6) is 0.707. The van der Waals surface area contributed by atoms with Crippen LogP contribution in [0.4, 0.5) is 0 Å². The third-order valence-electron chi connectivity index (χ3n) is 4.51. The van der Waals surface area contributed by atoms with E-state index in [1.807, 2.05) is 43.3 Å². The summed E-state index contributed by atoms with van der Waals surface area (Å²) in [6, 6.07) is 9.30. The van der Waals surface area contributed by atoms with Gasteiger partial charge in [0.2, 0.25) is 0 Å². The highest BCUT2D eigenvalue weighted by molar-refractivity contribution is 5.94. The van der Waals surface area contributed by atoms with Gasteiger partial charge in [-0.15, -0.1) is 0 Å². The average molecular weight is 354 g/mol.